The minimum Gasteiger partial charge on any atom is -0.497 e. The fourth-order valence-corrected chi connectivity index (χ4v) is 3.96. The van der Waals surface area contributed by atoms with Gasteiger partial charge in [0.25, 0.3) is 0 Å². The normalized spacial score (nSPS) is 11.4. The maximum Gasteiger partial charge on any atom is 0.244 e. The molecule has 0 aliphatic carbocycles. The number of nitrogens with one attached hydrogen (secondary N) is 1. The Labute approximate surface area is 200 Å². The summed E-state index contributed by atoms with van der Waals surface area (Å²) in [6.07, 6.45) is 4.11. The second-order valence-corrected chi connectivity index (χ2v) is 8.01. The molecule has 174 valence electrons. The molecule has 0 spiro atoms. The highest BCUT2D eigenvalue weighted by Gasteiger charge is 2.15. The SMILES string of the molecule is CCOc1cc2occ(-c3ccccc3)c2cc1/C(C)=C/C(=O)NCCc1cccc(OC)c1. The molecular formula is C29H29NO4. The highest BCUT2D eigenvalue weighted by Crippen LogP contribution is 2.37. The van der Waals surface area contributed by atoms with E-state index in [0.717, 1.165) is 51.0 Å². The Kier molecular flexibility index (Phi) is 7.33. The number of hydrogen-bond donors (Lipinski definition) is 1. The first-order valence-corrected chi connectivity index (χ1v) is 11.4. The van der Waals surface area contributed by atoms with Crippen LogP contribution in [0.4, 0.5) is 0 Å². The quantitative estimate of drug-likeness (QED) is 0.302. The fraction of sp³-hybridized carbons (Fsp3) is 0.207. The second kappa shape index (κ2) is 10.8. The molecule has 0 aliphatic heterocycles. The molecular weight excluding hydrogens is 426 g/mol. The van der Waals surface area contributed by atoms with Crippen molar-refractivity contribution >= 4 is 22.4 Å². The highest BCUT2D eigenvalue weighted by atomic mass is 16.5. The number of benzene rings is 3. The van der Waals surface area contributed by atoms with Crippen molar-refractivity contribution in [3.8, 4) is 22.6 Å². The van der Waals surface area contributed by atoms with Gasteiger partial charge in [-0.25, -0.2) is 0 Å². The summed E-state index contributed by atoms with van der Waals surface area (Å²) in [6, 6.07) is 21.9. The summed E-state index contributed by atoms with van der Waals surface area (Å²) in [5.74, 6) is 1.37. The summed E-state index contributed by atoms with van der Waals surface area (Å²) in [4.78, 5) is 12.6. The van der Waals surface area contributed by atoms with Gasteiger partial charge in [0.2, 0.25) is 5.91 Å². The van der Waals surface area contributed by atoms with Crippen LogP contribution in [0.15, 0.2) is 83.5 Å². The van der Waals surface area contributed by atoms with Gasteiger partial charge in [0, 0.05) is 35.2 Å². The molecule has 0 fully saturated rings. The topological polar surface area (TPSA) is 60.7 Å². The number of methoxy groups -OCH3 is 1. The number of allylic oxidation sites excluding steroid dienone is 1. The van der Waals surface area contributed by atoms with Gasteiger partial charge in [0.1, 0.15) is 17.1 Å². The first-order chi connectivity index (χ1) is 16.6. The van der Waals surface area contributed by atoms with Crippen LogP contribution in [0, 0.1) is 0 Å². The monoisotopic (exact) mass is 455 g/mol. The van der Waals surface area contributed by atoms with Crippen molar-refractivity contribution in [1.82, 2.24) is 5.32 Å². The largest absolute Gasteiger partial charge is 0.497 e. The van der Waals surface area contributed by atoms with Crippen LogP contribution < -0.4 is 14.8 Å². The standard InChI is InChI=1S/C29H29NO4/c1-4-33-27-18-28-25(26(19-34-28)22-10-6-5-7-11-22)17-24(27)20(2)15-29(31)30-14-13-21-9-8-12-23(16-21)32-3/h5-12,15-19H,4,13-14H2,1-3H3,(H,30,31)/b20-15+. The van der Waals surface area contributed by atoms with Gasteiger partial charge in [-0.1, -0.05) is 42.5 Å². The third-order valence-corrected chi connectivity index (χ3v) is 5.68. The summed E-state index contributed by atoms with van der Waals surface area (Å²) in [5.41, 5.74) is 5.64. The third kappa shape index (κ3) is 5.31. The summed E-state index contributed by atoms with van der Waals surface area (Å²) < 4.78 is 17.0. The van der Waals surface area contributed by atoms with E-state index in [2.05, 4.69) is 17.4 Å². The van der Waals surface area contributed by atoms with Gasteiger partial charge < -0.3 is 19.2 Å². The highest BCUT2D eigenvalue weighted by molar-refractivity contribution is 6.00. The van der Waals surface area contributed by atoms with E-state index in [9.17, 15) is 4.79 Å². The lowest BCUT2D eigenvalue weighted by atomic mass is 9.99. The molecule has 0 saturated heterocycles. The molecule has 0 saturated carbocycles. The van der Waals surface area contributed by atoms with E-state index in [1.54, 1.807) is 19.4 Å². The van der Waals surface area contributed by atoms with Crippen LogP contribution in [0.1, 0.15) is 25.0 Å². The maximum atomic E-state index is 12.6. The molecule has 4 aromatic rings. The average molecular weight is 456 g/mol. The van der Waals surface area contributed by atoms with Gasteiger partial charge in [-0.05, 0) is 55.2 Å². The molecule has 1 N–H and O–H groups in total. The van der Waals surface area contributed by atoms with Crippen LogP contribution in [0.3, 0.4) is 0 Å². The smallest absolute Gasteiger partial charge is 0.244 e. The first kappa shape index (κ1) is 23.2. The maximum absolute atomic E-state index is 12.6. The zero-order chi connectivity index (χ0) is 23.9. The van der Waals surface area contributed by atoms with Crippen LogP contribution in [0.25, 0.3) is 27.7 Å². The van der Waals surface area contributed by atoms with E-state index in [-0.39, 0.29) is 5.91 Å². The Bertz CT molecular complexity index is 1300. The van der Waals surface area contributed by atoms with Crippen LogP contribution in [-0.4, -0.2) is 26.2 Å². The van der Waals surface area contributed by atoms with Crippen molar-refractivity contribution in [2.24, 2.45) is 0 Å². The number of furan rings is 1. The molecule has 5 nitrogen and oxygen atoms in total. The van der Waals surface area contributed by atoms with Crippen molar-refractivity contribution in [3.63, 3.8) is 0 Å². The van der Waals surface area contributed by atoms with Crippen LogP contribution in [0.2, 0.25) is 0 Å². The van der Waals surface area contributed by atoms with Crippen LogP contribution >= 0.6 is 0 Å². The molecule has 34 heavy (non-hydrogen) atoms. The molecule has 3 aromatic carbocycles. The minimum absolute atomic E-state index is 0.140. The number of fused-ring (bicyclic) bond motifs is 1. The van der Waals surface area contributed by atoms with E-state index < -0.39 is 0 Å². The molecule has 4 rings (SSSR count). The molecule has 1 aromatic heterocycles. The van der Waals surface area contributed by atoms with E-state index in [4.69, 9.17) is 13.9 Å². The number of amides is 1. The number of ether oxygens (including phenoxy) is 2. The van der Waals surface area contributed by atoms with Gasteiger partial charge in [-0.15, -0.1) is 0 Å². The summed E-state index contributed by atoms with van der Waals surface area (Å²) in [7, 11) is 1.65. The van der Waals surface area contributed by atoms with E-state index in [0.29, 0.717) is 18.9 Å². The average Bonchev–Trinajstić information content (AvgIpc) is 3.27. The zero-order valence-electron chi connectivity index (χ0n) is 19.8. The van der Waals surface area contributed by atoms with Gasteiger partial charge in [0.15, 0.2) is 0 Å². The first-order valence-electron chi connectivity index (χ1n) is 11.4. The van der Waals surface area contributed by atoms with Crippen LogP contribution in [-0.2, 0) is 11.2 Å². The molecule has 0 aliphatic rings. The summed E-state index contributed by atoms with van der Waals surface area (Å²) in [6.45, 7) is 4.92. The van der Waals surface area contributed by atoms with Crippen molar-refractivity contribution < 1.29 is 18.7 Å². The lowest BCUT2D eigenvalue weighted by Crippen LogP contribution is -2.23. The number of carbonyl (C=O) groups is 1. The Morgan fingerprint density at radius 3 is 2.65 bits per heavy atom. The van der Waals surface area contributed by atoms with Crippen LogP contribution in [0.5, 0.6) is 11.5 Å². The van der Waals surface area contributed by atoms with Gasteiger partial charge in [0.05, 0.1) is 20.0 Å². The predicted octanol–water partition coefficient (Wildman–Crippen LogP) is 6.27. The number of hydrogen-bond acceptors (Lipinski definition) is 4. The Morgan fingerprint density at radius 2 is 1.88 bits per heavy atom. The van der Waals surface area contributed by atoms with E-state index in [1.807, 2.05) is 68.4 Å². The molecule has 0 atom stereocenters. The second-order valence-electron chi connectivity index (χ2n) is 8.01. The molecule has 1 amide bonds. The van der Waals surface area contributed by atoms with Crippen molar-refractivity contribution in [3.05, 3.63) is 90.2 Å². The molecule has 0 bridgehead atoms. The third-order valence-electron chi connectivity index (χ3n) is 5.68. The lowest BCUT2D eigenvalue weighted by Gasteiger charge is -2.12. The molecule has 0 radical (unpaired) electrons. The Balaban J connectivity index is 1.55. The Hall–Kier alpha value is -3.99. The fourth-order valence-electron chi connectivity index (χ4n) is 3.96. The number of carbonyl (C=O) groups excluding carboxylic acids is 1. The molecule has 5 heteroatoms. The lowest BCUT2D eigenvalue weighted by molar-refractivity contribution is -0.116. The molecule has 1 heterocycles. The summed E-state index contributed by atoms with van der Waals surface area (Å²) >= 11 is 0. The predicted molar refractivity (Wildman–Crippen MR) is 136 cm³/mol. The number of rotatable bonds is 9. The van der Waals surface area contributed by atoms with E-state index in [1.165, 1.54) is 0 Å². The van der Waals surface area contributed by atoms with Gasteiger partial charge >= 0.3 is 0 Å². The van der Waals surface area contributed by atoms with Gasteiger partial charge in [-0.2, -0.15) is 0 Å². The summed E-state index contributed by atoms with van der Waals surface area (Å²) in [5, 5.41) is 3.96. The molecule has 0 unspecified atom stereocenters. The van der Waals surface area contributed by atoms with Crippen molar-refractivity contribution in [1.29, 1.82) is 0 Å². The Morgan fingerprint density at radius 1 is 1.06 bits per heavy atom. The van der Waals surface area contributed by atoms with Crippen molar-refractivity contribution in [2.75, 3.05) is 20.3 Å². The van der Waals surface area contributed by atoms with Gasteiger partial charge in [-0.3, -0.25) is 4.79 Å². The zero-order valence-corrected chi connectivity index (χ0v) is 19.8. The van der Waals surface area contributed by atoms with E-state index >= 15 is 0 Å². The minimum atomic E-state index is -0.140. The van der Waals surface area contributed by atoms with Crippen molar-refractivity contribution in [2.45, 2.75) is 20.3 Å².